The first-order valence-electron chi connectivity index (χ1n) is 5.23. The Labute approximate surface area is 101 Å². The molecule has 16 heavy (non-hydrogen) atoms. The molecule has 0 aliphatic heterocycles. The molecule has 1 N–H and O–H groups in total. The second kappa shape index (κ2) is 5.87. The van der Waals surface area contributed by atoms with Gasteiger partial charge in [-0.1, -0.05) is 17.7 Å². The maximum Gasteiger partial charge on any atom is 0.253 e. The molecule has 0 aromatic heterocycles. The summed E-state index contributed by atoms with van der Waals surface area (Å²) >= 11 is 5.98. The number of nitrogens with one attached hydrogen (secondary N) is 1. The van der Waals surface area contributed by atoms with E-state index >= 15 is 0 Å². The molecule has 0 aliphatic rings. The number of hydrogen-bond donors (Lipinski definition) is 1. The van der Waals surface area contributed by atoms with Crippen molar-refractivity contribution in [2.24, 2.45) is 0 Å². The number of halogens is 1. The highest BCUT2D eigenvalue weighted by atomic mass is 35.5. The van der Waals surface area contributed by atoms with E-state index in [1.54, 1.807) is 30.1 Å². The fraction of sp³-hybridized carbons (Fsp3) is 0.417. The number of hydrogen-bond acceptors (Lipinski definition) is 2. The standard InChI is InChI=1S/C12H17ClN2O/c1-9-10(5-4-6-11(9)13)12(16)15(3)8-7-14-2/h4-6,14H,7-8H2,1-3H3. The van der Waals surface area contributed by atoms with E-state index in [2.05, 4.69) is 5.32 Å². The van der Waals surface area contributed by atoms with Crippen molar-refractivity contribution >= 4 is 17.5 Å². The van der Waals surface area contributed by atoms with Crippen LogP contribution in [-0.2, 0) is 0 Å². The Morgan fingerprint density at radius 1 is 1.50 bits per heavy atom. The molecule has 0 fully saturated rings. The van der Waals surface area contributed by atoms with Gasteiger partial charge >= 0.3 is 0 Å². The molecule has 0 saturated heterocycles. The van der Waals surface area contributed by atoms with Gasteiger partial charge in [-0.25, -0.2) is 0 Å². The molecule has 0 saturated carbocycles. The highest BCUT2D eigenvalue weighted by molar-refractivity contribution is 6.31. The van der Waals surface area contributed by atoms with E-state index in [1.807, 2.05) is 14.0 Å². The quantitative estimate of drug-likeness (QED) is 0.873. The van der Waals surface area contributed by atoms with Crippen LogP contribution in [0.2, 0.25) is 5.02 Å². The number of amides is 1. The van der Waals surface area contributed by atoms with Gasteiger partial charge in [0.25, 0.3) is 5.91 Å². The van der Waals surface area contributed by atoms with Crippen molar-refractivity contribution in [2.75, 3.05) is 27.2 Å². The lowest BCUT2D eigenvalue weighted by Gasteiger charge is -2.18. The molecule has 0 unspecified atom stereocenters. The Morgan fingerprint density at radius 2 is 2.19 bits per heavy atom. The normalized spacial score (nSPS) is 10.2. The number of likely N-dealkylation sites (N-methyl/N-ethyl adjacent to an activating group) is 2. The fourth-order valence-corrected chi connectivity index (χ4v) is 1.60. The van der Waals surface area contributed by atoms with Crippen molar-refractivity contribution in [3.63, 3.8) is 0 Å². The Kier molecular flexibility index (Phi) is 4.77. The topological polar surface area (TPSA) is 32.3 Å². The predicted molar refractivity (Wildman–Crippen MR) is 67.1 cm³/mol. The molecule has 1 aromatic carbocycles. The minimum atomic E-state index is 0.00949. The molecular formula is C12H17ClN2O. The van der Waals surface area contributed by atoms with E-state index in [0.29, 0.717) is 17.1 Å². The van der Waals surface area contributed by atoms with Crippen LogP contribution in [0.15, 0.2) is 18.2 Å². The average molecular weight is 241 g/mol. The van der Waals surface area contributed by atoms with Crippen molar-refractivity contribution < 1.29 is 4.79 Å². The zero-order valence-corrected chi connectivity index (χ0v) is 10.6. The molecule has 1 amide bonds. The van der Waals surface area contributed by atoms with Gasteiger partial charge in [-0.15, -0.1) is 0 Å². The van der Waals surface area contributed by atoms with Gasteiger partial charge in [0.1, 0.15) is 0 Å². The molecule has 1 rings (SSSR count). The summed E-state index contributed by atoms with van der Waals surface area (Å²) < 4.78 is 0. The van der Waals surface area contributed by atoms with E-state index in [4.69, 9.17) is 11.6 Å². The first kappa shape index (κ1) is 13.0. The first-order chi connectivity index (χ1) is 7.57. The average Bonchev–Trinajstić information content (AvgIpc) is 2.28. The summed E-state index contributed by atoms with van der Waals surface area (Å²) in [6, 6.07) is 5.40. The van der Waals surface area contributed by atoms with E-state index in [9.17, 15) is 4.79 Å². The Morgan fingerprint density at radius 3 is 2.81 bits per heavy atom. The van der Waals surface area contributed by atoms with Crippen LogP contribution >= 0.6 is 11.6 Å². The molecular weight excluding hydrogens is 224 g/mol. The molecule has 1 aromatic rings. The van der Waals surface area contributed by atoms with Crippen LogP contribution in [0.5, 0.6) is 0 Å². The first-order valence-corrected chi connectivity index (χ1v) is 5.61. The number of nitrogens with zero attached hydrogens (tertiary/aromatic N) is 1. The largest absolute Gasteiger partial charge is 0.340 e. The van der Waals surface area contributed by atoms with Crippen LogP contribution in [0.25, 0.3) is 0 Å². The van der Waals surface area contributed by atoms with Gasteiger partial charge in [-0.05, 0) is 31.7 Å². The number of rotatable bonds is 4. The van der Waals surface area contributed by atoms with Crippen molar-refractivity contribution in [1.82, 2.24) is 10.2 Å². The molecule has 0 radical (unpaired) electrons. The van der Waals surface area contributed by atoms with Crippen molar-refractivity contribution in [3.05, 3.63) is 34.3 Å². The summed E-state index contributed by atoms with van der Waals surface area (Å²) in [4.78, 5) is 13.8. The van der Waals surface area contributed by atoms with Crippen LogP contribution < -0.4 is 5.32 Å². The summed E-state index contributed by atoms with van der Waals surface area (Å²) in [5.74, 6) is 0.00949. The third-order valence-corrected chi connectivity index (χ3v) is 2.95. The minimum absolute atomic E-state index is 0.00949. The monoisotopic (exact) mass is 240 g/mol. The van der Waals surface area contributed by atoms with Crippen LogP contribution in [0, 0.1) is 6.92 Å². The highest BCUT2D eigenvalue weighted by Gasteiger charge is 2.14. The van der Waals surface area contributed by atoms with E-state index in [1.165, 1.54) is 0 Å². The maximum atomic E-state index is 12.1. The van der Waals surface area contributed by atoms with Gasteiger partial charge in [0.15, 0.2) is 0 Å². The van der Waals surface area contributed by atoms with E-state index in [-0.39, 0.29) is 5.91 Å². The number of benzene rings is 1. The smallest absolute Gasteiger partial charge is 0.253 e. The van der Waals surface area contributed by atoms with Gasteiger partial charge in [0, 0.05) is 30.7 Å². The van der Waals surface area contributed by atoms with Gasteiger partial charge < -0.3 is 10.2 Å². The second-order valence-electron chi connectivity index (χ2n) is 3.74. The molecule has 0 atom stereocenters. The van der Waals surface area contributed by atoms with Crippen LogP contribution in [-0.4, -0.2) is 38.0 Å². The van der Waals surface area contributed by atoms with Crippen LogP contribution in [0.3, 0.4) is 0 Å². The lowest BCUT2D eigenvalue weighted by molar-refractivity contribution is 0.0796. The summed E-state index contributed by atoms with van der Waals surface area (Å²) in [5, 5.41) is 3.64. The Bertz CT molecular complexity index is 379. The summed E-state index contributed by atoms with van der Waals surface area (Å²) in [7, 11) is 3.66. The van der Waals surface area contributed by atoms with Crippen LogP contribution in [0.1, 0.15) is 15.9 Å². The second-order valence-corrected chi connectivity index (χ2v) is 4.15. The summed E-state index contributed by atoms with van der Waals surface area (Å²) in [6.45, 7) is 3.32. The fourth-order valence-electron chi connectivity index (χ4n) is 1.43. The molecule has 0 spiro atoms. The minimum Gasteiger partial charge on any atom is -0.340 e. The summed E-state index contributed by atoms with van der Waals surface area (Å²) in [6.07, 6.45) is 0. The third kappa shape index (κ3) is 2.97. The zero-order valence-electron chi connectivity index (χ0n) is 9.88. The SMILES string of the molecule is CNCCN(C)C(=O)c1cccc(Cl)c1C. The number of carbonyl (C=O) groups is 1. The van der Waals surface area contributed by atoms with Gasteiger partial charge in [-0.2, -0.15) is 0 Å². The molecule has 88 valence electrons. The lowest BCUT2D eigenvalue weighted by atomic mass is 10.1. The zero-order chi connectivity index (χ0) is 12.1. The predicted octanol–water partition coefficient (Wildman–Crippen LogP) is 1.94. The van der Waals surface area contributed by atoms with Gasteiger partial charge in [-0.3, -0.25) is 4.79 Å². The summed E-state index contributed by atoms with van der Waals surface area (Å²) in [5.41, 5.74) is 1.51. The van der Waals surface area contributed by atoms with Gasteiger partial charge in [0.2, 0.25) is 0 Å². The van der Waals surface area contributed by atoms with Gasteiger partial charge in [0.05, 0.1) is 0 Å². The molecule has 0 heterocycles. The number of carbonyl (C=O) groups excluding carboxylic acids is 1. The van der Waals surface area contributed by atoms with Crippen molar-refractivity contribution in [2.45, 2.75) is 6.92 Å². The molecule has 0 bridgehead atoms. The molecule has 0 aliphatic carbocycles. The van der Waals surface area contributed by atoms with Crippen molar-refractivity contribution in [3.8, 4) is 0 Å². The molecule has 3 nitrogen and oxygen atoms in total. The Balaban J connectivity index is 2.84. The Hall–Kier alpha value is -1.06. The van der Waals surface area contributed by atoms with Crippen molar-refractivity contribution in [1.29, 1.82) is 0 Å². The van der Waals surface area contributed by atoms with E-state index in [0.717, 1.165) is 12.1 Å². The molecule has 4 heteroatoms. The maximum absolute atomic E-state index is 12.1. The lowest BCUT2D eigenvalue weighted by Crippen LogP contribution is -2.33. The van der Waals surface area contributed by atoms with Crippen LogP contribution in [0.4, 0.5) is 0 Å². The highest BCUT2D eigenvalue weighted by Crippen LogP contribution is 2.19. The van der Waals surface area contributed by atoms with E-state index < -0.39 is 0 Å². The third-order valence-electron chi connectivity index (χ3n) is 2.54.